The second-order valence-electron chi connectivity index (χ2n) is 3.44. The van der Waals surface area contributed by atoms with Gasteiger partial charge in [0, 0.05) is 23.9 Å². The molecule has 0 spiro atoms. The number of nitrogens with one attached hydrogen (secondary N) is 1. The van der Waals surface area contributed by atoms with Crippen LogP contribution in [0.3, 0.4) is 0 Å². The van der Waals surface area contributed by atoms with Crippen LogP contribution in [0.15, 0.2) is 42.6 Å². The van der Waals surface area contributed by atoms with E-state index in [9.17, 15) is 4.79 Å². The number of hydrogen-bond acceptors (Lipinski definition) is 1. The summed E-state index contributed by atoms with van der Waals surface area (Å²) in [5.41, 5.74) is 2.96. The third-order valence-corrected chi connectivity index (χ3v) is 2.44. The molecule has 2 rings (SSSR count). The largest absolute Gasteiger partial charge is 0.361 e. The predicted molar refractivity (Wildman–Crippen MR) is 60.9 cm³/mol. The Kier molecular flexibility index (Phi) is 2.68. The van der Waals surface area contributed by atoms with Crippen LogP contribution < -0.4 is 0 Å². The first-order chi connectivity index (χ1) is 7.31. The number of rotatable bonds is 3. The Balaban J connectivity index is 2.29. The highest BCUT2D eigenvalue weighted by Gasteiger charge is 2.03. The van der Waals surface area contributed by atoms with Crippen molar-refractivity contribution in [2.24, 2.45) is 0 Å². The van der Waals surface area contributed by atoms with E-state index in [0.29, 0.717) is 6.42 Å². The van der Waals surface area contributed by atoms with Gasteiger partial charge in [-0.3, -0.25) is 4.79 Å². The molecule has 0 aliphatic rings. The van der Waals surface area contributed by atoms with Crippen LogP contribution in [0, 0.1) is 0 Å². The summed E-state index contributed by atoms with van der Waals surface area (Å²) in [5.74, 6) is 0.188. The van der Waals surface area contributed by atoms with Gasteiger partial charge in [0.2, 0.25) is 0 Å². The molecule has 1 N–H and O–H groups in total. The lowest BCUT2D eigenvalue weighted by Gasteiger charge is -2.00. The predicted octanol–water partition coefficient (Wildman–Crippen LogP) is 3.27. The average molecular weight is 199 g/mol. The van der Waals surface area contributed by atoms with Gasteiger partial charge in [0.1, 0.15) is 0 Å². The maximum atomic E-state index is 11.4. The van der Waals surface area contributed by atoms with Crippen molar-refractivity contribution < 1.29 is 4.79 Å². The molecule has 1 aromatic heterocycles. The Bertz CT molecular complexity index is 440. The summed E-state index contributed by atoms with van der Waals surface area (Å²) in [6.07, 6.45) is 2.45. The highest BCUT2D eigenvalue weighted by molar-refractivity contribution is 5.96. The second kappa shape index (κ2) is 4.13. The number of aromatic amines is 1. The molecule has 1 aromatic carbocycles. The SMILES string of the molecule is CCC(=O)c1ccc(-c2ccc[nH]2)cc1. The van der Waals surface area contributed by atoms with Crippen LogP contribution in [0.2, 0.25) is 0 Å². The normalized spacial score (nSPS) is 10.2. The van der Waals surface area contributed by atoms with Crippen molar-refractivity contribution in [3.05, 3.63) is 48.2 Å². The van der Waals surface area contributed by atoms with Crippen LogP contribution in [-0.2, 0) is 0 Å². The monoisotopic (exact) mass is 199 g/mol. The van der Waals surface area contributed by atoms with E-state index in [0.717, 1.165) is 16.8 Å². The molecule has 15 heavy (non-hydrogen) atoms. The van der Waals surface area contributed by atoms with E-state index in [4.69, 9.17) is 0 Å². The number of carbonyl (C=O) groups is 1. The molecule has 0 radical (unpaired) electrons. The highest BCUT2D eigenvalue weighted by Crippen LogP contribution is 2.17. The van der Waals surface area contributed by atoms with Gasteiger partial charge in [-0.1, -0.05) is 31.2 Å². The second-order valence-corrected chi connectivity index (χ2v) is 3.44. The average Bonchev–Trinajstić information content (AvgIpc) is 2.82. The molecule has 0 saturated carbocycles. The zero-order chi connectivity index (χ0) is 10.7. The fraction of sp³-hybridized carbons (Fsp3) is 0.154. The Hall–Kier alpha value is -1.83. The molecule has 0 unspecified atom stereocenters. The molecule has 2 nitrogen and oxygen atoms in total. The quantitative estimate of drug-likeness (QED) is 0.756. The highest BCUT2D eigenvalue weighted by atomic mass is 16.1. The molecule has 0 fully saturated rings. The third kappa shape index (κ3) is 1.99. The first-order valence-electron chi connectivity index (χ1n) is 5.08. The smallest absolute Gasteiger partial charge is 0.162 e. The van der Waals surface area contributed by atoms with Crippen molar-refractivity contribution in [3.8, 4) is 11.3 Å². The van der Waals surface area contributed by atoms with Crippen molar-refractivity contribution in [2.45, 2.75) is 13.3 Å². The van der Waals surface area contributed by atoms with Crippen molar-refractivity contribution in [3.63, 3.8) is 0 Å². The zero-order valence-electron chi connectivity index (χ0n) is 8.66. The molecule has 0 saturated heterocycles. The molecule has 76 valence electrons. The summed E-state index contributed by atoms with van der Waals surface area (Å²) >= 11 is 0. The maximum absolute atomic E-state index is 11.4. The van der Waals surface area contributed by atoms with Gasteiger partial charge < -0.3 is 4.98 Å². The minimum absolute atomic E-state index is 0.188. The lowest BCUT2D eigenvalue weighted by atomic mass is 10.1. The number of Topliss-reactive ketones (excluding diaryl/α,β-unsaturated/α-hetero) is 1. The van der Waals surface area contributed by atoms with Crippen molar-refractivity contribution in [1.29, 1.82) is 0 Å². The van der Waals surface area contributed by atoms with Crippen LogP contribution in [0.25, 0.3) is 11.3 Å². The van der Waals surface area contributed by atoms with Gasteiger partial charge in [-0.2, -0.15) is 0 Å². The van der Waals surface area contributed by atoms with Crippen molar-refractivity contribution >= 4 is 5.78 Å². The van der Waals surface area contributed by atoms with Gasteiger partial charge in [-0.25, -0.2) is 0 Å². The summed E-state index contributed by atoms with van der Waals surface area (Å²) < 4.78 is 0. The van der Waals surface area contributed by atoms with Gasteiger partial charge in [0.05, 0.1) is 0 Å². The van der Waals surface area contributed by atoms with Crippen molar-refractivity contribution in [2.75, 3.05) is 0 Å². The Labute approximate surface area is 89.0 Å². The molecule has 0 aliphatic heterocycles. The molecular weight excluding hydrogens is 186 g/mol. The number of carbonyl (C=O) groups excluding carboxylic acids is 1. The number of H-pyrrole nitrogens is 1. The molecule has 0 atom stereocenters. The van der Waals surface area contributed by atoms with Crippen molar-refractivity contribution in [1.82, 2.24) is 4.98 Å². The summed E-state index contributed by atoms with van der Waals surface area (Å²) in [6.45, 7) is 1.88. The fourth-order valence-corrected chi connectivity index (χ4v) is 1.55. The van der Waals surface area contributed by atoms with Gasteiger partial charge in [-0.05, 0) is 17.7 Å². The molecule has 0 bridgehead atoms. The van der Waals surface area contributed by atoms with Crippen LogP contribution >= 0.6 is 0 Å². The van der Waals surface area contributed by atoms with Gasteiger partial charge in [0.25, 0.3) is 0 Å². The Morgan fingerprint density at radius 1 is 1.20 bits per heavy atom. The minimum atomic E-state index is 0.188. The summed E-state index contributed by atoms with van der Waals surface area (Å²) in [4.78, 5) is 14.5. The minimum Gasteiger partial charge on any atom is -0.361 e. The standard InChI is InChI=1S/C13H13NO/c1-2-13(15)11-7-5-10(6-8-11)12-4-3-9-14-12/h3-9,14H,2H2,1H3. The zero-order valence-corrected chi connectivity index (χ0v) is 8.66. The molecule has 0 aliphatic carbocycles. The number of ketones is 1. The summed E-state index contributed by atoms with van der Waals surface area (Å²) in [7, 11) is 0. The maximum Gasteiger partial charge on any atom is 0.162 e. The molecule has 0 amide bonds. The first-order valence-corrected chi connectivity index (χ1v) is 5.08. The fourth-order valence-electron chi connectivity index (χ4n) is 1.55. The van der Waals surface area contributed by atoms with E-state index in [1.807, 2.05) is 49.5 Å². The van der Waals surface area contributed by atoms with Crippen LogP contribution in [-0.4, -0.2) is 10.8 Å². The van der Waals surface area contributed by atoms with Crippen LogP contribution in [0.1, 0.15) is 23.7 Å². The number of benzene rings is 1. The van der Waals surface area contributed by atoms with E-state index in [2.05, 4.69) is 4.98 Å². The lowest BCUT2D eigenvalue weighted by molar-refractivity contribution is 0.0988. The molecular formula is C13H13NO. The van der Waals surface area contributed by atoms with E-state index < -0.39 is 0 Å². The van der Waals surface area contributed by atoms with Crippen LogP contribution in [0.4, 0.5) is 0 Å². The van der Waals surface area contributed by atoms with Gasteiger partial charge in [-0.15, -0.1) is 0 Å². The van der Waals surface area contributed by atoms with E-state index in [1.165, 1.54) is 0 Å². The summed E-state index contributed by atoms with van der Waals surface area (Å²) in [6, 6.07) is 11.7. The van der Waals surface area contributed by atoms with Gasteiger partial charge >= 0.3 is 0 Å². The molecule has 2 heteroatoms. The van der Waals surface area contributed by atoms with Crippen LogP contribution in [0.5, 0.6) is 0 Å². The summed E-state index contributed by atoms with van der Waals surface area (Å²) in [5, 5.41) is 0. The third-order valence-electron chi connectivity index (χ3n) is 2.44. The molecule has 2 aromatic rings. The Morgan fingerprint density at radius 2 is 1.93 bits per heavy atom. The first kappa shape index (κ1) is 9.71. The van der Waals surface area contributed by atoms with E-state index >= 15 is 0 Å². The Morgan fingerprint density at radius 3 is 2.47 bits per heavy atom. The van der Waals surface area contributed by atoms with E-state index in [1.54, 1.807) is 0 Å². The number of aromatic nitrogens is 1. The molecule has 1 heterocycles. The topological polar surface area (TPSA) is 32.9 Å². The lowest BCUT2D eigenvalue weighted by Crippen LogP contribution is -1.95. The van der Waals surface area contributed by atoms with Gasteiger partial charge in [0.15, 0.2) is 5.78 Å². The van der Waals surface area contributed by atoms with E-state index in [-0.39, 0.29) is 5.78 Å². The number of hydrogen-bond donors (Lipinski definition) is 1.